The Labute approximate surface area is 197 Å². The van der Waals surface area contributed by atoms with E-state index >= 15 is 0 Å². The normalized spacial score (nSPS) is 18.4. The number of para-hydroxylation sites is 1. The molecule has 0 radical (unpaired) electrons. The highest BCUT2D eigenvalue weighted by molar-refractivity contribution is 6.04. The summed E-state index contributed by atoms with van der Waals surface area (Å²) in [5.74, 6) is 3.40. The molecule has 1 N–H and O–H groups in total. The average Bonchev–Trinajstić information content (AvgIpc) is 3.33. The predicted molar refractivity (Wildman–Crippen MR) is 126 cm³/mol. The van der Waals surface area contributed by atoms with Crippen LogP contribution < -0.4 is 23.7 Å². The first-order chi connectivity index (χ1) is 16.6. The molecule has 0 saturated heterocycles. The van der Waals surface area contributed by atoms with Gasteiger partial charge in [-0.25, -0.2) is 5.01 Å². The van der Waals surface area contributed by atoms with Crippen LogP contribution in [0.5, 0.6) is 34.5 Å². The van der Waals surface area contributed by atoms with E-state index in [1.165, 1.54) is 0 Å². The fourth-order valence-electron chi connectivity index (χ4n) is 4.51. The zero-order valence-corrected chi connectivity index (χ0v) is 19.4. The molecular weight excluding hydrogens is 436 g/mol. The molecule has 0 saturated carbocycles. The van der Waals surface area contributed by atoms with Crippen LogP contribution in [0.2, 0.25) is 0 Å². The monoisotopic (exact) mass is 462 g/mol. The second kappa shape index (κ2) is 8.70. The molecule has 34 heavy (non-hydrogen) atoms. The van der Waals surface area contributed by atoms with Gasteiger partial charge in [-0.15, -0.1) is 0 Å². The molecule has 2 aliphatic heterocycles. The van der Waals surface area contributed by atoms with Crippen molar-refractivity contribution in [2.45, 2.75) is 18.7 Å². The third-order valence-electron chi connectivity index (χ3n) is 6.22. The Hall–Kier alpha value is -4.07. The lowest BCUT2D eigenvalue weighted by Gasteiger charge is -2.39. The standard InChI is InChI=1S/C26H26N2O6/c1-30-15-9-11-22(29)19(12-15)20-14-21-17-6-5-7-23(32-3)25(17)34-26(28(21)27-20)18-10-8-16(31-2)13-24(18)33-4/h5-13,21,26,29H,14H2,1-4H3/t21-,26-/m0/s1. The zero-order chi connectivity index (χ0) is 23.8. The Balaban J connectivity index is 1.65. The molecule has 0 unspecified atom stereocenters. The molecule has 0 fully saturated rings. The molecule has 2 atom stereocenters. The third-order valence-corrected chi connectivity index (χ3v) is 6.22. The Morgan fingerprint density at radius 1 is 0.853 bits per heavy atom. The molecule has 2 aliphatic rings. The van der Waals surface area contributed by atoms with Gasteiger partial charge in [-0.2, -0.15) is 5.10 Å². The van der Waals surface area contributed by atoms with Gasteiger partial charge in [0.1, 0.15) is 23.0 Å². The van der Waals surface area contributed by atoms with Crippen LogP contribution in [0, 0.1) is 0 Å². The predicted octanol–water partition coefficient (Wildman–Crippen LogP) is 4.67. The van der Waals surface area contributed by atoms with E-state index in [9.17, 15) is 5.11 Å². The molecule has 8 heteroatoms. The lowest BCUT2D eigenvalue weighted by atomic mass is 9.95. The van der Waals surface area contributed by atoms with Crippen molar-refractivity contribution in [3.63, 3.8) is 0 Å². The van der Waals surface area contributed by atoms with E-state index in [-0.39, 0.29) is 11.8 Å². The summed E-state index contributed by atoms with van der Waals surface area (Å²) < 4.78 is 28.5. The van der Waals surface area contributed by atoms with Crippen molar-refractivity contribution in [3.05, 3.63) is 71.3 Å². The number of methoxy groups -OCH3 is 4. The van der Waals surface area contributed by atoms with Crippen molar-refractivity contribution >= 4 is 5.71 Å². The number of aromatic hydroxyl groups is 1. The topological polar surface area (TPSA) is 82.0 Å². The number of hydrazone groups is 1. The number of hydrogen-bond acceptors (Lipinski definition) is 8. The maximum atomic E-state index is 10.6. The van der Waals surface area contributed by atoms with E-state index in [1.54, 1.807) is 46.6 Å². The highest BCUT2D eigenvalue weighted by Crippen LogP contribution is 2.52. The second-order valence-electron chi connectivity index (χ2n) is 7.99. The third kappa shape index (κ3) is 3.51. The number of phenols is 1. The molecule has 0 spiro atoms. The smallest absolute Gasteiger partial charge is 0.217 e. The van der Waals surface area contributed by atoms with E-state index in [0.717, 1.165) is 16.8 Å². The fourth-order valence-corrected chi connectivity index (χ4v) is 4.51. The Bertz CT molecular complexity index is 1260. The summed E-state index contributed by atoms with van der Waals surface area (Å²) in [5, 5.41) is 17.4. The first kappa shape index (κ1) is 21.8. The van der Waals surface area contributed by atoms with E-state index in [1.807, 2.05) is 41.4 Å². The van der Waals surface area contributed by atoms with Crippen molar-refractivity contribution in [3.8, 4) is 34.5 Å². The molecule has 0 amide bonds. The molecule has 0 bridgehead atoms. The van der Waals surface area contributed by atoms with Gasteiger partial charge in [-0.1, -0.05) is 12.1 Å². The molecule has 3 aromatic rings. The number of ether oxygens (including phenoxy) is 5. The quantitative estimate of drug-likeness (QED) is 0.570. The summed E-state index contributed by atoms with van der Waals surface area (Å²) in [6.45, 7) is 0. The van der Waals surface area contributed by atoms with E-state index in [2.05, 4.69) is 0 Å². The van der Waals surface area contributed by atoms with E-state index in [0.29, 0.717) is 40.7 Å². The summed E-state index contributed by atoms with van der Waals surface area (Å²) in [6.07, 6.45) is -0.0147. The molecule has 0 aliphatic carbocycles. The first-order valence-corrected chi connectivity index (χ1v) is 10.9. The van der Waals surface area contributed by atoms with Gasteiger partial charge in [0.05, 0.1) is 45.8 Å². The number of nitrogens with zero attached hydrogens (tertiary/aromatic N) is 2. The van der Waals surface area contributed by atoms with Crippen LogP contribution in [0.4, 0.5) is 0 Å². The van der Waals surface area contributed by atoms with Gasteiger partial charge in [0.25, 0.3) is 0 Å². The van der Waals surface area contributed by atoms with Gasteiger partial charge in [0, 0.05) is 23.6 Å². The highest BCUT2D eigenvalue weighted by Gasteiger charge is 2.43. The molecule has 2 heterocycles. The maximum Gasteiger partial charge on any atom is 0.217 e. The minimum atomic E-state index is -0.583. The molecular formula is C26H26N2O6. The van der Waals surface area contributed by atoms with Crippen LogP contribution in [0.3, 0.4) is 0 Å². The van der Waals surface area contributed by atoms with Crippen LogP contribution in [-0.4, -0.2) is 44.3 Å². The van der Waals surface area contributed by atoms with Crippen molar-refractivity contribution in [2.75, 3.05) is 28.4 Å². The van der Waals surface area contributed by atoms with Gasteiger partial charge in [-0.3, -0.25) is 0 Å². The van der Waals surface area contributed by atoms with Crippen LogP contribution in [0.15, 0.2) is 59.7 Å². The van der Waals surface area contributed by atoms with Gasteiger partial charge < -0.3 is 28.8 Å². The van der Waals surface area contributed by atoms with E-state index in [4.69, 9.17) is 28.8 Å². The minimum absolute atomic E-state index is 0.128. The van der Waals surface area contributed by atoms with Gasteiger partial charge in [0.2, 0.25) is 6.23 Å². The first-order valence-electron chi connectivity index (χ1n) is 10.9. The van der Waals surface area contributed by atoms with Crippen LogP contribution in [0.25, 0.3) is 0 Å². The number of phenolic OH excluding ortho intramolecular Hbond substituents is 1. The summed E-state index contributed by atoms with van der Waals surface area (Å²) in [7, 11) is 6.44. The Morgan fingerprint density at radius 3 is 2.32 bits per heavy atom. The summed E-state index contributed by atoms with van der Waals surface area (Å²) >= 11 is 0. The Morgan fingerprint density at radius 2 is 1.59 bits per heavy atom. The zero-order valence-electron chi connectivity index (χ0n) is 19.4. The van der Waals surface area contributed by atoms with Gasteiger partial charge in [-0.05, 0) is 36.4 Å². The number of fused-ring (bicyclic) bond motifs is 3. The fraction of sp³-hybridized carbons (Fsp3) is 0.269. The lowest BCUT2D eigenvalue weighted by Crippen LogP contribution is -2.34. The van der Waals surface area contributed by atoms with Gasteiger partial charge in [0.15, 0.2) is 11.5 Å². The summed E-state index contributed by atoms with van der Waals surface area (Å²) in [4.78, 5) is 0. The lowest BCUT2D eigenvalue weighted by molar-refractivity contribution is -0.0222. The average molecular weight is 463 g/mol. The van der Waals surface area contributed by atoms with Crippen molar-refractivity contribution in [1.29, 1.82) is 0 Å². The van der Waals surface area contributed by atoms with E-state index < -0.39 is 6.23 Å². The van der Waals surface area contributed by atoms with Crippen molar-refractivity contribution in [1.82, 2.24) is 5.01 Å². The molecule has 176 valence electrons. The van der Waals surface area contributed by atoms with Crippen LogP contribution in [0.1, 0.15) is 35.4 Å². The largest absolute Gasteiger partial charge is 0.507 e. The molecule has 8 nitrogen and oxygen atoms in total. The Kier molecular flexibility index (Phi) is 5.57. The molecule has 0 aromatic heterocycles. The van der Waals surface area contributed by atoms with Crippen LogP contribution >= 0.6 is 0 Å². The highest BCUT2D eigenvalue weighted by atomic mass is 16.5. The van der Waals surface area contributed by atoms with Crippen molar-refractivity contribution in [2.24, 2.45) is 5.10 Å². The maximum absolute atomic E-state index is 10.6. The number of hydrogen-bond donors (Lipinski definition) is 1. The van der Waals surface area contributed by atoms with Crippen LogP contribution in [-0.2, 0) is 0 Å². The minimum Gasteiger partial charge on any atom is -0.507 e. The molecule has 5 rings (SSSR count). The SMILES string of the molecule is COc1ccc([C@@H]2Oc3c(OC)cccc3[C@@H]3CC(c4cc(OC)ccc4O)=NN32)c(OC)c1. The van der Waals surface area contributed by atoms with Gasteiger partial charge >= 0.3 is 0 Å². The summed E-state index contributed by atoms with van der Waals surface area (Å²) in [6, 6.07) is 16.4. The summed E-state index contributed by atoms with van der Waals surface area (Å²) in [5.41, 5.74) is 3.12. The second-order valence-corrected chi connectivity index (χ2v) is 7.99. The van der Waals surface area contributed by atoms with Crippen molar-refractivity contribution < 1.29 is 28.8 Å². The number of benzene rings is 3. The number of rotatable bonds is 6. The molecule has 3 aromatic carbocycles.